The first kappa shape index (κ1) is 19.9. The molecular weight excluding hydrogens is 288 g/mol. The molecule has 6 heteroatoms. The van der Waals surface area contributed by atoms with Gasteiger partial charge < -0.3 is 14.6 Å². The molecule has 0 aliphatic carbocycles. The lowest BCUT2D eigenvalue weighted by atomic mass is 9.76. The second-order valence-corrected chi connectivity index (χ2v) is 6.34. The van der Waals surface area contributed by atoms with Crippen LogP contribution in [0.15, 0.2) is 25.3 Å². The Labute approximate surface area is 130 Å². The Morgan fingerprint density at radius 1 is 1.09 bits per heavy atom. The quantitative estimate of drug-likeness (QED) is 0.519. The summed E-state index contributed by atoms with van der Waals surface area (Å²) in [6, 6.07) is 0. The topological polar surface area (TPSA) is 89.9 Å². The standard InChI is InChI=1S/C16H24O6/c1-7-12(17)21-10-15(3,4)9-11(22-13(18)8-2)16(5,6)14(19)20/h7-8,11H,1-2,9-10H2,3-6H3,(H,19,20). The molecule has 0 saturated heterocycles. The highest BCUT2D eigenvalue weighted by Crippen LogP contribution is 2.34. The summed E-state index contributed by atoms with van der Waals surface area (Å²) in [4.78, 5) is 34.0. The fourth-order valence-electron chi connectivity index (χ4n) is 1.66. The van der Waals surface area contributed by atoms with E-state index in [4.69, 9.17) is 9.47 Å². The fourth-order valence-corrected chi connectivity index (χ4v) is 1.66. The van der Waals surface area contributed by atoms with Gasteiger partial charge in [-0.25, -0.2) is 9.59 Å². The lowest BCUT2D eigenvalue weighted by Gasteiger charge is -2.35. The zero-order valence-corrected chi connectivity index (χ0v) is 13.5. The van der Waals surface area contributed by atoms with E-state index in [0.29, 0.717) is 0 Å². The Kier molecular flexibility index (Phi) is 7.03. The number of rotatable bonds is 9. The molecule has 0 heterocycles. The van der Waals surface area contributed by atoms with Crippen molar-refractivity contribution in [2.24, 2.45) is 10.8 Å². The van der Waals surface area contributed by atoms with E-state index in [1.165, 1.54) is 13.8 Å². The maximum absolute atomic E-state index is 11.5. The number of hydrogen-bond donors (Lipinski definition) is 1. The molecule has 0 fully saturated rings. The second-order valence-electron chi connectivity index (χ2n) is 6.34. The zero-order valence-electron chi connectivity index (χ0n) is 13.5. The van der Waals surface area contributed by atoms with Gasteiger partial charge in [0.2, 0.25) is 0 Å². The number of carboxylic acids is 1. The molecule has 0 aromatic heterocycles. The lowest BCUT2D eigenvalue weighted by molar-refractivity contribution is -0.167. The first-order valence-corrected chi connectivity index (χ1v) is 6.82. The van der Waals surface area contributed by atoms with Crippen molar-refractivity contribution in [3.8, 4) is 0 Å². The van der Waals surface area contributed by atoms with E-state index < -0.39 is 34.8 Å². The monoisotopic (exact) mass is 312 g/mol. The molecule has 124 valence electrons. The van der Waals surface area contributed by atoms with Gasteiger partial charge in [0, 0.05) is 17.6 Å². The summed E-state index contributed by atoms with van der Waals surface area (Å²) < 4.78 is 10.2. The molecular formula is C16H24O6. The van der Waals surface area contributed by atoms with E-state index in [1.807, 2.05) is 0 Å². The van der Waals surface area contributed by atoms with Crippen LogP contribution in [-0.4, -0.2) is 35.7 Å². The number of ether oxygens (including phenoxy) is 2. The van der Waals surface area contributed by atoms with Gasteiger partial charge in [-0.1, -0.05) is 27.0 Å². The summed E-state index contributed by atoms with van der Waals surface area (Å²) in [6.45, 7) is 13.2. The summed E-state index contributed by atoms with van der Waals surface area (Å²) in [7, 11) is 0. The Bertz CT molecular complexity index is 461. The third-order valence-electron chi connectivity index (χ3n) is 3.29. The summed E-state index contributed by atoms with van der Waals surface area (Å²) in [5.41, 5.74) is -1.88. The molecule has 6 nitrogen and oxygen atoms in total. The summed E-state index contributed by atoms with van der Waals surface area (Å²) >= 11 is 0. The summed E-state index contributed by atoms with van der Waals surface area (Å²) in [6.07, 6.45) is 1.34. The summed E-state index contributed by atoms with van der Waals surface area (Å²) in [5.74, 6) is -2.35. The van der Waals surface area contributed by atoms with Crippen molar-refractivity contribution in [3.63, 3.8) is 0 Å². The van der Waals surface area contributed by atoms with Crippen LogP contribution in [0.2, 0.25) is 0 Å². The predicted molar refractivity (Wildman–Crippen MR) is 81.0 cm³/mol. The minimum atomic E-state index is -1.29. The van der Waals surface area contributed by atoms with Crippen LogP contribution in [0.3, 0.4) is 0 Å². The third-order valence-corrected chi connectivity index (χ3v) is 3.29. The van der Waals surface area contributed by atoms with Crippen LogP contribution in [0.4, 0.5) is 0 Å². The van der Waals surface area contributed by atoms with Crippen molar-refractivity contribution >= 4 is 17.9 Å². The molecule has 0 saturated carbocycles. The highest BCUT2D eigenvalue weighted by molar-refractivity contribution is 5.82. The second kappa shape index (κ2) is 7.77. The van der Waals surface area contributed by atoms with Crippen LogP contribution in [0.1, 0.15) is 34.1 Å². The molecule has 1 atom stereocenters. The third kappa shape index (κ3) is 6.11. The minimum absolute atomic E-state index is 0.0513. The number of esters is 2. The Balaban J connectivity index is 5.14. The van der Waals surface area contributed by atoms with Gasteiger partial charge in [0.25, 0.3) is 0 Å². The van der Waals surface area contributed by atoms with E-state index in [2.05, 4.69) is 13.2 Å². The van der Waals surface area contributed by atoms with Gasteiger partial charge >= 0.3 is 17.9 Å². The molecule has 0 radical (unpaired) electrons. The van der Waals surface area contributed by atoms with Gasteiger partial charge in [-0.3, -0.25) is 4.79 Å². The Morgan fingerprint density at radius 2 is 1.59 bits per heavy atom. The van der Waals surface area contributed by atoms with Crippen LogP contribution in [0.25, 0.3) is 0 Å². The molecule has 0 amide bonds. The van der Waals surface area contributed by atoms with Crippen LogP contribution >= 0.6 is 0 Å². The molecule has 1 unspecified atom stereocenters. The molecule has 0 bridgehead atoms. The molecule has 0 aromatic rings. The SMILES string of the molecule is C=CC(=O)OCC(C)(C)CC(OC(=O)C=C)C(C)(C)C(=O)O. The van der Waals surface area contributed by atoms with Crippen LogP contribution in [0.5, 0.6) is 0 Å². The van der Waals surface area contributed by atoms with Crippen molar-refractivity contribution in [3.05, 3.63) is 25.3 Å². The Hall–Kier alpha value is -2.11. The predicted octanol–water partition coefficient (Wildman–Crippen LogP) is 2.34. The number of aliphatic carboxylic acids is 1. The van der Waals surface area contributed by atoms with E-state index in [0.717, 1.165) is 12.2 Å². The van der Waals surface area contributed by atoms with Crippen molar-refractivity contribution in [2.45, 2.75) is 40.2 Å². The maximum atomic E-state index is 11.5. The maximum Gasteiger partial charge on any atom is 0.330 e. The van der Waals surface area contributed by atoms with E-state index in [9.17, 15) is 19.5 Å². The highest BCUT2D eigenvalue weighted by atomic mass is 16.5. The first-order chi connectivity index (χ1) is 9.96. The van der Waals surface area contributed by atoms with Crippen molar-refractivity contribution in [1.82, 2.24) is 0 Å². The summed E-state index contributed by atoms with van der Waals surface area (Å²) in [5, 5.41) is 9.33. The van der Waals surface area contributed by atoms with Crippen molar-refractivity contribution in [2.75, 3.05) is 6.61 Å². The molecule has 0 aliphatic rings. The van der Waals surface area contributed by atoms with E-state index >= 15 is 0 Å². The highest BCUT2D eigenvalue weighted by Gasteiger charge is 2.42. The smallest absolute Gasteiger partial charge is 0.330 e. The van der Waals surface area contributed by atoms with Gasteiger partial charge in [-0.2, -0.15) is 0 Å². The number of carbonyl (C=O) groups is 3. The molecule has 1 N–H and O–H groups in total. The average molecular weight is 312 g/mol. The van der Waals surface area contributed by atoms with Crippen molar-refractivity contribution in [1.29, 1.82) is 0 Å². The minimum Gasteiger partial charge on any atom is -0.481 e. The molecule has 0 aromatic carbocycles. The van der Waals surface area contributed by atoms with E-state index in [-0.39, 0.29) is 13.0 Å². The van der Waals surface area contributed by atoms with Crippen LogP contribution in [0, 0.1) is 10.8 Å². The van der Waals surface area contributed by atoms with Crippen molar-refractivity contribution < 1.29 is 29.0 Å². The number of carbonyl (C=O) groups excluding carboxylic acids is 2. The average Bonchev–Trinajstić information content (AvgIpc) is 2.43. The van der Waals surface area contributed by atoms with Gasteiger partial charge in [0.05, 0.1) is 12.0 Å². The molecule has 0 rings (SSSR count). The van der Waals surface area contributed by atoms with Gasteiger partial charge in [-0.05, 0) is 20.3 Å². The molecule has 0 spiro atoms. The zero-order chi connectivity index (χ0) is 17.6. The number of hydrogen-bond acceptors (Lipinski definition) is 5. The largest absolute Gasteiger partial charge is 0.481 e. The van der Waals surface area contributed by atoms with Gasteiger partial charge in [-0.15, -0.1) is 0 Å². The molecule has 22 heavy (non-hydrogen) atoms. The Morgan fingerprint density at radius 3 is 2.00 bits per heavy atom. The fraction of sp³-hybridized carbons (Fsp3) is 0.562. The van der Waals surface area contributed by atoms with Crippen LogP contribution in [-0.2, 0) is 23.9 Å². The van der Waals surface area contributed by atoms with E-state index in [1.54, 1.807) is 13.8 Å². The van der Waals surface area contributed by atoms with Gasteiger partial charge in [0.1, 0.15) is 6.10 Å². The normalized spacial score (nSPS) is 12.9. The van der Waals surface area contributed by atoms with Crippen LogP contribution < -0.4 is 0 Å². The number of carboxylic acid groups (broad SMARTS) is 1. The lowest BCUT2D eigenvalue weighted by Crippen LogP contribution is -2.43. The first-order valence-electron chi connectivity index (χ1n) is 6.82. The molecule has 0 aliphatic heterocycles. The van der Waals surface area contributed by atoms with Gasteiger partial charge in [0.15, 0.2) is 0 Å².